The SMILES string of the molecule is Cc1cc(C)cc(OCCOc2cccc(N)c2)c1. The molecule has 0 fully saturated rings. The molecule has 0 saturated carbocycles. The quantitative estimate of drug-likeness (QED) is 0.660. The van der Waals surface area contributed by atoms with Crippen molar-refractivity contribution in [2.24, 2.45) is 0 Å². The van der Waals surface area contributed by atoms with Gasteiger partial charge in [-0.05, 0) is 49.2 Å². The van der Waals surface area contributed by atoms with E-state index >= 15 is 0 Å². The third kappa shape index (κ3) is 4.21. The minimum Gasteiger partial charge on any atom is -0.490 e. The lowest BCUT2D eigenvalue weighted by Gasteiger charge is -2.10. The molecule has 0 aliphatic rings. The van der Waals surface area contributed by atoms with E-state index in [1.807, 2.05) is 30.3 Å². The molecule has 0 unspecified atom stereocenters. The van der Waals surface area contributed by atoms with E-state index in [2.05, 4.69) is 19.9 Å². The van der Waals surface area contributed by atoms with Gasteiger partial charge in [-0.3, -0.25) is 0 Å². The van der Waals surface area contributed by atoms with Gasteiger partial charge in [-0.1, -0.05) is 12.1 Å². The number of hydrogen-bond acceptors (Lipinski definition) is 3. The third-order valence-corrected chi connectivity index (χ3v) is 2.67. The van der Waals surface area contributed by atoms with Crippen LogP contribution < -0.4 is 15.2 Å². The lowest BCUT2D eigenvalue weighted by molar-refractivity contribution is 0.217. The molecule has 0 atom stereocenters. The van der Waals surface area contributed by atoms with Crippen LogP contribution in [0, 0.1) is 13.8 Å². The van der Waals surface area contributed by atoms with Crippen LogP contribution in [0.1, 0.15) is 11.1 Å². The molecule has 19 heavy (non-hydrogen) atoms. The highest BCUT2D eigenvalue weighted by Gasteiger charge is 1.98. The number of aryl methyl sites for hydroxylation is 2. The van der Waals surface area contributed by atoms with Crippen molar-refractivity contribution in [2.75, 3.05) is 18.9 Å². The second-order valence-corrected chi connectivity index (χ2v) is 4.59. The van der Waals surface area contributed by atoms with Gasteiger partial charge in [0, 0.05) is 11.8 Å². The summed E-state index contributed by atoms with van der Waals surface area (Å²) in [6, 6.07) is 13.6. The van der Waals surface area contributed by atoms with Gasteiger partial charge in [-0.2, -0.15) is 0 Å². The van der Waals surface area contributed by atoms with Gasteiger partial charge in [0.1, 0.15) is 24.7 Å². The summed E-state index contributed by atoms with van der Waals surface area (Å²) in [6.07, 6.45) is 0. The molecule has 0 spiro atoms. The Labute approximate surface area is 114 Å². The summed E-state index contributed by atoms with van der Waals surface area (Å²) in [5.74, 6) is 1.65. The zero-order chi connectivity index (χ0) is 13.7. The normalized spacial score (nSPS) is 10.2. The predicted octanol–water partition coefficient (Wildman–Crippen LogP) is 3.34. The molecule has 0 bridgehead atoms. The van der Waals surface area contributed by atoms with Crippen molar-refractivity contribution in [3.05, 3.63) is 53.6 Å². The number of nitrogen functional groups attached to an aromatic ring is 1. The zero-order valence-electron chi connectivity index (χ0n) is 11.3. The van der Waals surface area contributed by atoms with E-state index in [1.165, 1.54) is 11.1 Å². The molecular weight excluding hydrogens is 238 g/mol. The second kappa shape index (κ2) is 6.14. The molecule has 2 rings (SSSR count). The highest BCUT2D eigenvalue weighted by Crippen LogP contribution is 2.17. The lowest BCUT2D eigenvalue weighted by Crippen LogP contribution is -2.09. The number of ether oxygens (including phenoxy) is 2. The summed E-state index contributed by atoms with van der Waals surface area (Å²) in [6.45, 7) is 5.13. The van der Waals surface area contributed by atoms with Crippen LogP contribution in [-0.4, -0.2) is 13.2 Å². The first-order valence-electron chi connectivity index (χ1n) is 6.33. The van der Waals surface area contributed by atoms with E-state index in [0.29, 0.717) is 18.9 Å². The van der Waals surface area contributed by atoms with Crippen molar-refractivity contribution in [3.63, 3.8) is 0 Å². The van der Waals surface area contributed by atoms with Crippen LogP contribution in [0.4, 0.5) is 5.69 Å². The van der Waals surface area contributed by atoms with E-state index < -0.39 is 0 Å². The first-order chi connectivity index (χ1) is 9.13. The third-order valence-electron chi connectivity index (χ3n) is 2.67. The van der Waals surface area contributed by atoms with Crippen LogP contribution in [0.5, 0.6) is 11.5 Å². The molecule has 2 aromatic carbocycles. The van der Waals surface area contributed by atoms with E-state index in [-0.39, 0.29) is 0 Å². The Bertz CT molecular complexity index is 532. The van der Waals surface area contributed by atoms with Crippen molar-refractivity contribution in [1.29, 1.82) is 0 Å². The molecular formula is C16H19NO2. The standard InChI is InChI=1S/C16H19NO2/c1-12-8-13(2)10-16(9-12)19-7-6-18-15-5-3-4-14(17)11-15/h3-5,8-11H,6-7,17H2,1-2H3. The fourth-order valence-corrected chi connectivity index (χ4v) is 1.94. The summed E-state index contributed by atoms with van der Waals surface area (Å²) in [5, 5.41) is 0. The number of hydrogen-bond donors (Lipinski definition) is 1. The average molecular weight is 257 g/mol. The lowest BCUT2D eigenvalue weighted by atomic mass is 10.1. The molecule has 0 aliphatic heterocycles. The van der Waals surface area contributed by atoms with Gasteiger partial charge in [0.25, 0.3) is 0 Å². The molecule has 2 aromatic rings. The number of rotatable bonds is 5. The molecule has 0 radical (unpaired) electrons. The zero-order valence-corrected chi connectivity index (χ0v) is 11.3. The van der Waals surface area contributed by atoms with Crippen LogP contribution >= 0.6 is 0 Å². The van der Waals surface area contributed by atoms with Gasteiger partial charge in [0.15, 0.2) is 0 Å². The molecule has 0 amide bonds. The van der Waals surface area contributed by atoms with Gasteiger partial charge in [0.05, 0.1) is 0 Å². The van der Waals surface area contributed by atoms with Gasteiger partial charge in [0.2, 0.25) is 0 Å². The predicted molar refractivity (Wildman–Crippen MR) is 77.8 cm³/mol. The summed E-state index contributed by atoms with van der Waals surface area (Å²) < 4.78 is 11.2. The molecule has 0 heterocycles. The molecule has 100 valence electrons. The van der Waals surface area contributed by atoms with Crippen molar-refractivity contribution < 1.29 is 9.47 Å². The van der Waals surface area contributed by atoms with E-state index in [1.54, 1.807) is 6.07 Å². The highest BCUT2D eigenvalue weighted by molar-refractivity contribution is 5.43. The second-order valence-electron chi connectivity index (χ2n) is 4.59. The smallest absolute Gasteiger partial charge is 0.122 e. The van der Waals surface area contributed by atoms with Crippen molar-refractivity contribution in [3.8, 4) is 11.5 Å². The minimum absolute atomic E-state index is 0.496. The minimum atomic E-state index is 0.496. The molecule has 2 N–H and O–H groups in total. The number of benzene rings is 2. The summed E-state index contributed by atoms with van der Waals surface area (Å²) in [7, 11) is 0. The molecule has 3 heteroatoms. The molecule has 0 aliphatic carbocycles. The fraction of sp³-hybridized carbons (Fsp3) is 0.250. The van der Waals surface area contributed by atoms with Crippen LogP contribution in [0.25, 0.3) is 0 Å². The van der Waals surface area contributed by atoms with E-state index in [4.69, 9.17) is 15.2 Å². The summed E-state index contributed by atoms with van der Waals surface area (Å²) in [5.41, 5.74) is 8.78. The van der Waals surface area contributed by atoms with Crippen molar-refractivity contribution >= 4 is 5.69 Å². The van der Waals surface area contributed by atoms with Gasteiger partial charge in [-0.15, -0.1) is 0 Å². The van der Waals surface area contributed by atoms with Crippen LogP contribution in [-0.2, 0) is 0 Å². The van der Waals surface area contributed by atoms with Crippen molar-refractivity contribution in [1.82, 2.24) is 0 Å². The topological polar surface area (TPSA) is 44.5 Å². The maximum atomic E-state index is 5.68. The Balaban J connectivity index is 1.80. The highest BCUT2D eigenvalue weighted by atomic mass is 16.5. The maximum Gasteiger partial charge on any atom is 0.122 e. The first kappa shape index (κ1) is 13.3. The maximum absolute atomic E-state index is 5.68. The Kier molecular flexibility index (Phi) is 4.29. The summed E-state index contributed by atoms with van der Waals surface area (Å²) >= 11 is 0. The van der Waals surface area contributed by atoms with Gasteiger partial charge >= 0.3 is 0 Å². The van der Waals surface area contributed by atoms with Gasteiger partial charge in [-0.25, -0.2) is 0 Å². The first-order valence-corrected chi connectivity index (χ1v) is 6.33. The Morgan fingerprint density at radius 1 is 0.842 bits per heavy atom. The Morgan fingerprint density at radius 2 is 1.47 bits per heavy atom. The fourth-order valence-electron chi connectivity index (χ4n) is 1.94. The molecule has 0 saturated heterocycles. The van der Waals surface area contributed by atoms with E-state index in [9.17, 15) is 0 Å². The number of nitrogens with two attached hydrogens (primary N) is 1. The van der Waals surface area contributed by atoms with Gasteiger partial charge < -0.3 is 15.2 Å². The van der Waals surface area contributed by atoms with Crippen LogP contribution in [0.3, 0.4) is 0 Å². The van der Waals surface area contributed by atoms with Crippen molar-refractivity contribution in [2.45, 2.75) is 13.8 Å². The molecule has 3 nitrogen and oxygen atoms in total. The summed E-state index contributed by atoms with van der Waals surface area (Å²) in [4.78, 5) is 0. The molecule has 0 aromatic heterocycles. The Morgan fingerprint density at radius 3 is 2.11 bits per heavy atom. The monoisotopic (exact) mass is 257 g/mol. The van der Waals surface area contributed by atoms with E-state index in [0.717, 1.165) is 11.5 Å². The number of anilines is 1. The Hall–Kier alpha value is -2.16. The largest absolute Gasteiger partial charge is 0.490 e. The van der Waals surface area contributed by atoms with Crippen LogP contribution in [0.2, 0.25) is 0 Å². The van der Waals surface area contributed by atoms with Crippen LogP contribution in [0.15, 0.2) is 42.5 Å². The average Bonchev–Trinajstić information content (AvgIpc) is 2.34.